The van der Waals surface area contributed by atoms with Gasteiger partial charge in [-0.25, -0.2) is 0 Å². The van der Waals surface area contributed by atoms with Crippen molar-refractivity contribution >= 4 is 35.4 Å². The Kier molecular flexibility index (Phi) is 4.62. The fourth-order valence-electron chi connectivity index (χ4n) is 2.35. The lowest BCUT2D eigenvalue weighted by Gasteiger charge is -2.10. The molecule has 3 rings (SSSR count). The molecule has 0 nitrogen and oxygen atoms in total. The minimum atomic E-state index is 0.567. The van der Waals surface area contributed by atoms with E-state index in [9.17, 15) is 0 Å². The molecule has 0 bridgehead atoms. The highest BCUT2D eigenvalue weighted by Gasteiger charge is 2.11. The summed E-state index contributed by atoms with van der Waals surface area (Å²) in [4.78, 5) is 0. The smallest absolute Gasteiger partial charge is 0.0676 e. The molecule has 0 aliphatic rings. The number of benzene rings is 3. The molecule has 0 aromatic heterocycles. The van der Waals surface area contributed by atoms with Gasteiger partial charge in [0.05, 0.1) is 10.0 Å². The van der Waals surface area contributed by atoms with Crippen LogP contribution in [-0.2, 0) is 0 Å². The number of rotatable bonds is 3. The summed E-state index contributed by atoms with van der Waals surface area (Å²) in [5.41, 5.74) is 4.21. The van der Waals surface area contributed by atoms with Crippen LogP contribution >= 0.6 is 23.2 Å². The molecule has 3 aromatic rings. The largest absolute Gasteiger partial charge is 0.0827 e. The van der Waals surface area contributed by atoms with Crippen LogP contribution in [0.3, 0.4) is 0 Å². The second kappa shape index (κ2) is 6.83. The first-order valence-electron chi connectivity index (χ1n) is 7.02. The highest BCUT2D eigenvalue weighted by Crippen LogP contribution is 2.37. The number of halogens is 2. The lowest BCUT2D eigenvalue weighted by molar-refractivity contribution is 1.59. The molecule has 0 atom stereocenters. The summed E-state index contributed by atoms with van der Waals surface area (Å²) in [7, 11) is 0. The lowest BCUT2D eigenvalue weighted by atomic mass is 9.98. The van der Waals surface area contributed by atoms with Gasteiger partial charge < -0.3 is 0 Å². The van der Waals surface area contributed by atoms with Gasteiger partial charge in [0.25, 0.3) is 0 Å². The molecule has 2 heteroatoms. The topological polar surface area (TPSA) is 0 Å². The molecule has 0 heterocycles. The first kappa shape index (κ1) is 14.9. The second-order valence-electron chi connectivity index (χ2n) is 4.94. The minimum Gasteiger partial charge on any atom is -0.0827 e. The van der Waals surface area contributed by atoms with Crippen LogP contribution in [0, 0.1) is 0 Å². The summed E-state index contributed by atoms with van der Waals surface area (Å²) in [6, 6.07) is 24.1. The standard InChI is InChI=1S/C20H14Cl2/c21-18-14-13-17(12-11-15-7-3-1-4-8-15)19(20(18)22)16-9-5-2-6-10-16/h1-14H. The fraction of sp³-hybridized carbons (Fsp3) is 0. The van der Waals surface area contributed by atoms with Crippen LogP contribution in [-0.4, -0.2) is 0 Å². The van der Waals surface area contributed by atoms with Gasteiger partial charge >= 0.3 is 0 Å². The van der Waals surface area contributed by atoms with Gasteiger partial charge in [0.2, 0.25) is 0 Å². The Hall–Kier alpha value is -2.02. The molecule has 0 saturated carbocycles. The SMILES string of the molecule is Clc1ccc(C=Cc2ccccc2)c(-c2ccccc2)c1Cl. The molecule has 0 amide bonds. The molecule has 0 aliphatic carbocycles. The van der Waals surface area contributed by atoms with Crippen LogP contribution in [0.25, 0.3) is 23.3 Å². The summed E-state index contributed by atoms with van der Waals surface area (Å²) in [6.45, 7) is 0. The minimum absolute atomic E-state index is 0.567. The summed E-state index contributed by atoms with van der Waals surface area (Å²) >= 11 is 12.6. The monoisotopic (exact) mass is 324 g/mol. The van der Waals surface area contributed by atoms with Crippen LogP contribution < -0.4 is 0 Å². The zero-order valence-electron chi connectivity index (χ0n) is 11.8. The van der Waals surface area contributed by atoms with Crippen molar-refractivity contribution in [3.63, 3.8) is 0 Å². The average Bonchev–Trinajstić information content (AvgIpc) is 2.57. The first-order chi connectivity index (χ1) is 10.8. The van der Waals surface area contributed by atoms with E-state index in [0.29, 0.717) is 10.0 Å². The summed E-state index contributed by atoms with van der Waals surface area (Å²) in [6.07, 6.45) is 4.14. The maximum Gasteiger partial charge on any atom is 0.0676 e. The van der Waals surface area contributed by atoms with Crippen LogP contribution in [0.4, 0.5) is 0 Å². The highest BCUT2D eigenvalue weighted by molar-refractivity contribution is 6.44. The van der Waals surface area contributed by atoms with E-state index >= 15 is 0 Å². The molecule has 0 unspecified atom stereocenters. The zero-order chi connectivity index (χ0) is 15.4. The third-order valence-electron chi connectivity index (χ3n) is 3.44. The molecule has 0 radical (unpaired) electrons. The van der Waals surface area contributed by atoms with Gasteiger partial charge in [-0.3, -0.25) is 0 Å². The van der Waals surface area contributed by atoms with Crippen molar-refractivity contribution in [3.05, 3.63) is 94.0 Å². The van der Waals surface area contributed by atoms with Crippen LogP contribution in [0.5, 0.6) is 0 Å². The van der Waals surface area contributed by atoms with E-state index in [1.807, 2.05) is 60.7 Å². The molecular formula is C20H14Cl2. The molecule has 22 heavy (non-hydrogen) atoms. The van der Waals surface area contributed by atoms with Gasteiger partial charge in [-0.05, 0) is 22.8 Å². The average molecular weight is 325 g/mol. The maximum absolute atomic E-state index is 6.45. The van der Waals surface area contributed by atoms with Crippen LogP contribution in [0.15, 0.2) is 72.8 Å². The summed E-state index contributed by atoms with van der Waals surface area (Å²) < 4.78 is 0. The van der Waals surface area contributed by atoms with E-state index in [2.05, 4.69) is 24.3 Å². The van der Waals surface area contributed by atoms with Gasteiger partial charge in [0.1, 0.15) is 0 Å². The van der Waals surface area contributed by atoms with Crippen LogP contribution in [0.1, 0.15) is 11.1 Å². The third-order valence-corrected chi connectivity index (χ3v) is 4.25. The quantitative estimate of drug-likeness (QED) is 0.463. The van der Waals surface area contributed by atoms with Crippen molar-refractivity contribution in [2.75, 3.05) is 0 Å². The van der Waals surface area contributed by atoms with Crippen molar-refractivity contribution in [2.45, 2.75) is 0 Å². The molecule has 3 aromatic carbocycles. The van der Waals surface area contributed by atoms with Gasteiger partial charge in [0.15, 0.2) is 0 Å². The van der Waals surface area contributed by atoms with Gasteiger partial charge in [-0.15, -0.1) is 0 Å². The Morgan fingerprint density at radius 1 is 0.636 bits per heavy atom. The van der Waals surface area contributed by atoms with Crippen molar-refractivity contribution in [1.82, 2.24) is 0 Å². The molecule has 0 aliphatic heterocycles. The molecular weight excluding hydrogens is 311 g/mol. The van der Waals surface area contributed by atoms with Crippen molar-refractivity contribution < 1.29 is 0 Å². The summed E-state index contributed by atoms with van der Waals surface area (Å²) in [5, 5.41) is 1.15. The predicted octanol–water partition coefficient (Wildman–Crippen LogP) is 6.83. The zero-order valence-corrected chi connectivity index (χ0v) is 13.4. The van der Waals surface area contributed by atoms with E-state index in [1.54, 1.807) is 0 Å². The Morgan fingerprint density at radius 3 is 1.95 bits per heavy atom. The fourth-order valence-corrected chi connectivity index (χ4v) is 2.79. The van der Waals surface area contributed by atoms with Gasteiger partial charge in [-0.2, -0.15) is 0 Å². The predicted molar refractivity (Wildman–Crippen MR) is 97.3 cm³/mol. The normalized spacial score (nSPS) is 11.0. The lowest BCUT2D eigenvalue weighted by Crippen LogP contribution is -1.86. The third kappa shape index (κ3) is 3.24. The maximum atomic E-state index is 6.45. The van der Waals surface area contributed by atoms with E-state index < -0.39 is 0 Å². The Balaban J connectivity index is 2.09. The van der Waals surface area contributed by atoms with Crippen molar-refractivity contribution in [2.24, 2.45) is 0 Å². The van der Waals surface area contributed by atoms with Crippen molar-refractivity contribution in [3.8, 4) is 11.1 Å². The van der Waals surface area contributed by atoms with Gasteiger partial charge in [0, 0.05) is 5.56 Å². The Morgan fingerprint density at radius 2 is 1.27 bits per heavy atom. The van der Waals surface area contributed by atoms with E-state index in [0.717, 1.165) is 22.3 Å². The van der Waals surface area contributed by atoms with Gasteiger partial charge in [-0.1, -0.05) is 102 Å². The Labute approximate surface area is 140 Å². The highest BCUT2D eigenvalue weighted by atomic mass is 35.5. The first-order valence-corrected chi connectivity index (χ1v) is 7.78. The molecule has 108 valence electrons. The molecule has 0 spiro atoms. The summed E-state index contributed by atoms with van der Waals surface area (Å²) in [5.74, 6) is 0. The van der Waals surface area contributed by atoms with Crippen LogP contribution in [0.2, 0.25) is 10.0 Å². The molecule has 0 fully saturated rings. The Bertz CT molecular complexity index is 791. The van der Waals surface area contributed by atoms with Crippen molar-refractivity contribution in [1.29, 1.82) is 0 Å². The number of hydrogen-bond acceptors (Lipinski definition) is 0. The van der Waals surface area contributed by atoms with E-state index in [1.165, 1.54) is 0 Å². The number of hydrogen-bond donors (Lipinski definition) is 0. The molecule has 0 saturated heterocycles. The van der Waals surface area contributed by atoms with E-state index in [-0.39, 0.29) is 0 Å². The second-order valence-corrected chi connectivity index (χ2v) is 5.72. The molecule has 0 N–H and O–H groups in total. The van der Waals surface area contributed by atoms with E-state index in [4.69, 9.17) is 23.2 Å².